The third kappa shape index (κ3) is 4.93. The first-order valence-electron chi connectivity index (χ1n) is 8.10. The zero-order chi connectivity index (χ0) is 16.8. The van der Waals surface area contributed by atoms with Crippen LogP contribution in [0.1, 0.15) is 32.3 Å². The van der Waals surface area contributed by atoms with E-state index in [1.54, 1.807) is 12.3 Å². The zero-order valence-electron chi connectivity index (χ0n) is 14.1. The van der Waals surface area contributed by atoms with Crippen LogP contribution in [0.25, 0.3) is 0 Å². The van der Waals surface area contributed by atoms with Gasteiger partial charge in [-0.25, -0.2) is 4.98 Å². The molecule has 1 aliphatic rings. The quantitative estimate of drug-likeness (QED) is 0.889. The molecular formula is C17H25N5O. The zero-order valence-corrected chi connectivity index (χ0v) is 14.1. The average molecular weight is 315 g/mol. The van der Waals surface area contributed by atoms with Gasteiger partial charge in [-0.3, -0.25) is 9.69 Å². The second-order valence-corrected chi connectivity index (χ2v) is 6.37. The summed E-state index contributed by atoms with van der Waals surface area (Å²) in [5.41, 5.74) is 0.583. The van der Waals surface area contributed by atoms with E-state index in [4.69, 9.17) is 5.26 Å². The van der Waals surface area contributed by atoms with Crippen molar-refractivity contribution < 1.29 is 4.79 Å². The molecule has 1 saturated heterocycles. The second kappa shape index (κ2) is 7.93. The number of pyridine rings is 1. The van der Waals surface area contributed by atoms with E-state index in [1.807, 2.05) is 27.0 Å². The Kier molecular flexibility index (Phi) is 5.94. The maximum atomic E-state index is 11.9. The number of aromatic nitrogens is 1. The second-order valence-electron chi connectivity index (χ2n) is 6.37. The Labute approximate surface area is 138 Å². The van der Waals surface area contributed by atoms with E-state index >= 15 is 0 Å². The molecule has 1 aromatic heterocycles. The number of hydrogen-bond acceptors (Lipinski definition) is 5. The summed E-state index contributed by atoms with van der Waals surface area (Å²) < 4.78 is 0. The van der Waals surface area contributed by atoms with Gasteiger partial charge in [-0.2, -0.15) is 5.26 Å². The summed E-state index contributed by atoms with van der Waals surface area (Å²) in [6.45, 7) is 6.22. The number of carbonyl (C=O) groups excluding carboxylic acids is 1. The standard InChI is InChI=1S/C17H25N5O/c1-13(2)20-17(23)12-21(3)15-6-8-22(9-7-15)16-5-4-14(10-18)11-19-16/h4-5,11,13,15H,6-9,12H2,1-3H3,(H,20,23). The molecule has 1 N–H and O–H groups in total. The highest BCUT2D eigenvalue weighted by molar-refractivity contribution is 5.78. The summed E-state index contributed by atoms with van der Waals surface area (Å²) in [5.74, 6) is 1.00. The van der Waals surface area contributed by atoms with Crippen LogP contribution in [0, 0.1) is 11.3 Å². The van der Waals surface area contributed by atoms with E-state index in [0.717, 1.165) is 31.7 Å². The third-order valence-corrected chi connectivity index (χ3v) is 4.13. The normalized spacial score (nSPS) is 15.7. The summed E-state index contributed by atoms with van der Waals surface area (Å²) in [6, 6.07) is 6.39. The highest BCUT2D eigenvalue weighted by atomic mass is 16.2. The van der Waals surface area contributed by atoms with Crippen molar-refractivity contribution >= 4 is 11.7 Å². The molecular weight excluding hydrogens is 290 g/mol. The monoisotopic (exact) mass is 315 g/mol. The molecule has 0 aromatic carbocycles. The van der Waals surface area contributed by atoms with Crippen molar-refractivity contribution in [2.24, 2.45) is 0 Å². The number of amides is 1. The van der Waals surface area contributed by atoms with Gasteiger partial charge in [0.25, 0.3) is 0 Å². The van der Waals surface area contributed by atoms with E-state index in [2.05, 4.69) is 26.2 Å². The number of hydrogen-bond donors (Lipinski definition) is 1. The fourth-order valence-electron chi connectivity index (χ4n) is 2.90. The molecule has 124 valence electrons. The lowest BCUT2D eigenvalue weighted by Crippen LogP contribution is -2.47. The first-order valence-corrected chi connectivity index (χ1v) is 8.10. The minimum Gasteiger partial charge on any atom is -0.357 e. The van der Waals surface area contributed by atoms with Gasteiger partial charge in [-0.15, -0.1) is 0 Å². The van der Waals surface area contributed by atoms with Gasteiger partial charge in [0.15, 0.2) is 0 Å². The van der Waals surface area contributed by atoms with Crippen molar-refractivity contribution in [1.29, 1.82) is 5.26 Å². The van der Waals surface area contributed by atoms with Gasteiger partial charge >= 0.3 is 0 Å². The van der Waals surface area contributed by atoms with E-state index in [1.165, 1.54) is 0 Å². The van der Waals surface area contributed by atoms with Crippen molar-refractivity contribution in [3.8, 4) is 6.07 Å². The Balaban J connectivity index is 1.83. The highest BCUT2D eigenvalue weighted by Crippen LogP contribution is 2.20. The van der Waals surface area contributed by atoms with Crippen LogP contribution >= 0.6 is 0 Å². The van der Waals surface area contributed by atoms with Crippen molar-refractivity contribution in [2.75, 3.05) is 31.6 Å². The number of anilines is 1. The van der Waals surface area contributed by atoms with Gasteiger partial charge in [-0.1, -0.05) is 0 Å². The SMILES string of the molecule is CC(C)NC(=O)CN(C)C1CCN(c2ccc(C#N)cn2)CC1. The van der Waals surface area contributed by atoms with Gasteiger partial charge < -0.3 is 10.2 Å². The molecule has 0 bridgehead atoms. The molecule has 0 aliphatic carbocycles. The van der Waals surface area contributed by atoms with Crippen molar-refractivity contribution in [1.82, 2.24) is 15.2 Å². The molecule has 0 radical (unpaired) electrons. The number of carbonyl (C=O) groups is 1. The predicted molar refractivity (Wildman–Crippen MR) is 90.1 cm³/mol. The van der Waals surface area contributed by atoms with Gasteiger partial charge in [0.1, 0.15) is 11.9 Å². The summed E-state index contributed by atoms with van der Waals surface area (Å²) in [7, 11) is 2.01. The number of piperidine rings is 1. The van der Waals surface area contributed by atoms with E-state index in [-0.39, 0.29) is 11.9 Å². The molecule has 0 spiro atoms. The maximum Gasteiger partial charge on any atom is 0.234 e. The smallest absolute Gasteiger partial charge is 0.234 e. The van der Waals surface area contributed by atoms with Gasteiger partial charge in [0.05, 0.1) is 12.1 Å². The minimum absolute atomic E-state index is 0.0821. The molecule has 1 amide bonds. The Morgan fingerprint density at radius 1 is 1.48 bits per heavy atom. The van der Waals surface area contributed by atoms with Crippen LogP contribution in [0.5, 0.6) is 0 Å². The Morgan fingerprint density at radius 3 is 2.70 bits per heavy atom. The lowest BCUT2D eigenvalue weighted by atomic mass is 10.0. The van der Waals surface area contributed by atoms with Crippen LogP contribution in [-0.2, 0) is 4.79 Å². The van der Waals surface area contributed by atoms with Crippen molar-refractivity contribution in [3.63, 3.8) is 0 Å². The fourth-order valence-corrected chi connectivity index (χ4v) is 2.90. The van der Waals surface area contributed by atoms with Crippen LogP contribution < -0.4 is 10.2 Å². The summed E-state index contributed by atoms with van der Waals surface area (Å²) in [5, 5.41) is 11.8. The summed E-state index contributed by atoms with van der Waals surface area (Å²) in [4.78, 5) is 20.6. The highest BCUT2D eigenvalue weighted by Gasteiger charge is 2.24. The topological polar surface area (TPSA) is 72.3 Å². The first-order chi connectivity index (χ1) is 11.0. The minimum atomic E-state index is 0.0821. The first kappa shape index (κ1) is 17.2. The van der Waals surface area contributed by atoms with E-state index < -0.39 is 0 Å². The number of rotatable bonds is 5. The molecule has 2 heterocycles. The fraction of sp³-hybridized carbons (Fsp3) is 0.588. The van der Waals surface area contributed by atoms with Crippen LogP contribution in [0.15, 0.2) is 18.3 Å². The average Bonchev–Trinajstić information content (AvgIpc) is 2.54. The Hall–Kier alpha value is -2.13. The molecule has 1 aromatic rings. The largest absolute Gasteiger partial charge is 0.357 e. The number of likely N-dealkylation sites (N-methyl/N-ethyl adjacent to an activating group) is 1. The lowest BCUT2D eigenvalue weighted by Gasteiger charge is -2.37. The van der Waals surface area contributed by atoms with Crippen LogP contribution in [0.4, 0.5) is 5.82 Å². The van der Waals surface area contributed by atoms with Crippen LogP contribution in [-0.4, -0.2) is 54.6 Å². The summed E-state index contributed by atoms with van der Waals surface area (Å²) >= 11 is 0. The number of nitrogens with zero attached hydrogens (tertiary/aromatic N) is 4. The molecule has 23 heavy (non-hydrogen) atoms. The molecule has 0 atom stereocenters. The van der Waals surface area contributed by atoms with Gasteiger partial charge in [0.2, 0.25) is 5.91 Å². The van der Waals surface area contributed by atoms with Crippen LogP contribution in [0.3, 0.4) is 0 Å². The van der Waals surface area contributed by atoms with E-state index in [0.29, 0.717) is 18.2 Å². The number of nitriles is 1. The predicted octanol–water partition coefficient (Wildman–Crippen LogP) is 1.38. The van der Waals surface area contributed by atoms with Gasteiger partial charge in [-0.05, 0) is 45.9 Å². The van der Waals surface area contributed by atoms with Crippen molar-refractivity contribution in [3.05, 3.63) is 23.9 Å². The maximum absolute atomic E-state index is 11.9. The Morgan fingerprint density at radius 2 is 2.17 bits per heavy atom. The number of nitrogens with one attached hydrogen (secondary N) is 1. The molecule has 2 rings (SSSR count). The molecule has 6 heteroatoms. The molecule has 0 unspecified atom stereocenters. The molecule has 1 fully saturated rings. The molecule has 1 aliphatic heterocycles. The van der Waals surface area contributed by atoms with Gasteiger partial charge in [0, 0.05) is 31.4 Å². The lowest BCUT2D eigenvalue weighted by molar-refractivity contribution is -0.123. The Bertz CT molecular complexity index is 555. The third-order valence-electron chi connectivity index (χ3n) is 4.13. The van der Waals surface area contributed by atoms with Crippen molar-refractivity contribution in [2.45, 2.75) is 38.8 Å². The van der Waals surface area contributed by atoms with Crippen LogP contribution in [0.2, 0.25) is 0 Å². The molecule has 0 saturated carbocycles. The van der Waals surface area contributed by atoms with E-state index in [9.17, 15) is 4.79 Å². The summed E-state index contributed by atoms with van der Waals surface area (Å²) in [6.07, 6.45) is 3.63. The molecule has 6 nitrogen and oxygen atoms in total.